The molecular formula is C11H8FNO2. The minimum Gasteiger partial charge on any atom is -0.497 e. The van der Waals surface area contributed by atoms with Crippen molar-refractivity contribution in [1.82, 2.24) is 4.98 Å². The van der Waals surface area contributed by atoms with Gasteiger partial charge in [0.25, 0.3) is 0 Å². The number of carbonyl (C=O) groups is 1. The molecule has 15 heavy (non-hydrogen) atoms. The Morgan fingerprint density at radius 2 is 2.20 bits per heavy atom. The van der Waals surface area contributed by atoms with Crippen molar-refractivity contribution >= 4 is 17.2 Å². The van der Waals surface area contributed by atoms with Gasteiger partial charge >= 0.3 is 0 Å². The van der Waals surface area contributed by atoms with Gasteiger partial charge in [0.2, 0.25) is 5.95 Å². The van der Waals surface area contributed by atoms with Gasteiger partial charge in [-0.2, -0.15) is 4.39 Å². The third-order valence-electron chi connectivity index (χ3n) is 2.13. The summed E-state index contributed by atoms with van der Waals surface area (Å²) in [7, 11) is 1.54. The number of hydrogen-bond donors (Lipinski definition) is 0. The molecule has 0 bridgehead atoms. The van der Waals surface area contributed by atoms with E-state index in [1.54, 1.807) is 25.3 Å². The van der Waals surface area contributed by atoms with Gasteiger partial charge in [0.15, 0.2) is 6.29 Å². The van der Waals surface area contributed by atoms with Crippen LogP contribution in [0.15, 0.2) is 24.3 Å². The van der Waals surface area contributed by atoms with Crippen LogP contribution in [0.1, 0.15) is 10.4 Å². The molecule has 1 aromatic heterocycles. The predicted molar refractivity (Wildman–Crippen MR) is 53.6 cm³/mol. The lowest BCUT2D eigenvalue weighted by molar-refractivity contribution is 0.111. The first-order valence-electron chi connectivity index (χ1n) is 4.34. The summed E-state index contributed by atoms with van der Waals surface area (Å²) in [6.45, 7) is 0. The van der Waals surface area contributed by atoms with Crippen molar-refractivity contribution in [1.29, 1.82) is 0 Å². The zero-order valence-electron chi connectivity index (χ0n) is 8.03. The molecule has 0 radical (unpaired) electrons. The van der Waals surface area contributed by atoms with Crippen molar-refractivity contribution in [3.63, 3.8) is 0 Å². The molecule has 1 heterocycles. The maximum Gasteiger partial charge on any atom is 0.224 e. The normalized spacial score (nSPS) is 10.3. The number of hydrogen-bond acceptors (Lipinski definition) is 3. The van der Waals surface area contributed by atoms with Gasteiger partial charge in [-0.1, -0.05) is 0 Å². The lowest BCUT2D eigenvalue weighted by Gasteiger charge is -2.02. The van der Waals surface area contributed by atoms with E-state index in [2.05, 4.69) is 4.98 Å². The van der Waals surface area contributed by atoms with Gasteiger partial charge in [0, 0.05) is 5.39 Å². The lowest BCUT2D eigenvalue weighted by Crippen LogP contribution is -1.93. The Morgan fingerprint density at radius 3 is 2.87 bits per heavy atom. The Labute approximate surface area is 85.5 Å². The third kappa shape index (κ3) is 1.66. The number of halogens is 1. The van der Waals surface area contributed by atoms with Crippen LogP contribution in [-0.4, -0.2) is 18.4 Å². The van der Waals surface area contributed by atoms with Crippen molar-refractivity contribution < 1.29 is 13.9 Å². The molecule has 0 fully saturated rings. The molecule has 0 N–H and O–H groups in total. The minimum atomic E-state index is -0.748. The Morgan fingerprint density at radius 1 is 1.40 bits per heavy atom. The molecule has 0 saturated heterocycles. The van der Waals surface area contributed by atoms with Crippen LogP contribution in [0.25, 0.3) is 10.9 Å². The Kier molecular flexibility index (Phi) is 2.33. The number of carbonyl (C=O) groups excluding carboxylic acids is 1. The van der Waals surface area contributed by atoms with Crippen molar-refractivity contribution in [3.05, 3.63) is 35.8 Å². The zero-order chi connectivity index (χ0) is 10.8. The average molecular weight is 205 g/mol. The molecule has 0 unspecified atom stereocenters. The molecule has 0 saturated carbocycles. The number of fused-ring (bicyclic) bond motifs is 1. The molecule has 0 aliphatic carbocycles. The summed E-state index contributed by atoms with van der Waals surface area (Å²) >= 11 is 0. The van der Waals surface area contributed by atoms with E-state index in [4.69, 9.17) is 4.74 Å². The highest BCUT2D eigenvalue weighted by atomic mass is 19.1. The van der Waals surface area contributed by atoms with E-state index < -0.39 is 5.95 Å². The molecular weight excluding hydrogens is 197 g/mol. The van der Waals surface area contributed by atoms with Crippen LogP contribution in [0, 0.1) is 5.95 Å². The first kappa shape index (κ1) is 9.58. The fourth-order valence-corrected chi connectivity index (χ4v) is 1.36. The van der Waals surface area contributed by atoms with Gasteiger partial charge in [0.05, 0.1) is 18.2 Å². The summed E-state index contributed by atoms with van der Waals surface area (Å²) in [5.41, 5.74) is 0.453. The predicted octanol–water partition coefficient (Wildman–Crippen LogP) is 2.20. The number of nitrogens with zero attached hydrogens (tertiary/aromatic N) is 1. The van der Waals surface area contributed by atoms with Gasteiger partial charge in [-0.05, 0) is 24.3 Å². The number of methoxy groups -OCH3 is 1. The SMILES string of the molecule is COc1ccc2nc(F)c(C=O)cc2c1. The lowest BCUT2D eigenvalue weighted by atomic mass is 10.1. The second kappa shape index (κ2) is 3.65. The fourth-order valence-electron chi connectivity index (χ4n) is 1.36. The summed E-state index contributed by atoms with van der Waals surface area (Å²) in [5, 5.41) is 0.679. The highest BCUT2D eigenvalue weighted by molar-refractivity contribution is 5.86. The summed E-state index contributed by atoms with van der Waals surface area (Å²) in [4.78, 5) is 14.2. The van der Waals surface area contributed by atoms with Crippen LogP contribution < -0.4 is 4.74 Å². The molecule has 2 aromatic rings. The van der Waals surface area contributed by atoms with Crippen LogP contribution in [0.5, 0.6) is 5.75 Å². The van der Waals surface area contributed by atoms with E-state index in [-0.39, 0.29) is 5.56 Å². The Balaban J connectivity index is 2.71. The maximum absolute atomic E-state index is 13.1. The number of rotatable bonds is 2. The standard InChI is InChI=1S/C11H8FNO2/c1-15-9-2-3-10-7(5-9)4-8(6-14)11(12)13-10/h2-6H,1H3. The van der Waals surface area contributed by atoms with E-state index in [9.17, 15) is 9.18 Å². The monoisotopic (exact) mass is 205 g/mol. The second-order valence-electron chi connectivity index (χ2n) is 3.04. The molecule has 0 atom stereocenters. The average Bonchev–Trinajstić information content (AvgIpc) is 2.27. The van der Waals surface area contributed by atoms with Crippen LogP contribution in [0.2, 0.25) is 0 Å². The molecule has 3 nitrogen and oxygen atoms in total. The summed E-state index contributed by atoms with van der Waals surface area (Å²) in [6.07, 6.45) is 0.446. The molecule has 2 rings (SSSR count). The van der Waals surface area contributed by atoms with Gasteiger partial charge in [-0.3, -0.25) is 4.79 Å². The van der Waals surface area contributed by atoms with Crippen molar-refractivity contribution in [2.24, 2.45) is 0 Å². The minimum absolute atomic E-state index is 0.0456. The highest BCUT2D eigenvalue weighted by Gasteiger charge is 2.05. The Bertz CT molecular complexity index is 525. The van der Waals surface area contributed by atoms with Crippen molar-refractivity contribution in [2.75, 3.05) is 7.11 Å². The van der Waals surface area contributed by atoms with Gasteiger partial charge in [-0.15, -0.1) is 0 Å². The van der Waals surface area contributed by atoms with E-state index >= 15 is 0 Å². The smallest absolute Gasteiger partial charge is 0.224 e. The van der Waals surface area contributed by atoms with Crippen molar-refractivity contribution in [3.8, 4) is 5.75 Å². The zero-order valence-corrected chi connectivity index (χ0v) is 8.03. The van der Waals surface area contributed by atoms with E-state index in [1.165, 1.54) is 6.07 Å². The first-order chi connectivity index (χ1) is 7.24. The number of aldehydes is 1. The van der Waals surface area contributed by atoms with E-state index in [0.29, 0.717) is 22.9 Å². The third-order valence-corrected chi connectivity index (χ3v) is 2.13. The molecule has 0 amide bonds. The highest BCUT2D eigenvalue weighted by Crippen LogP contribution is 2.20. The van der Waals surface area contributed by atoms with Crippen LogP contribution in [-0.2, 0) is 0 Å². The number of ether oxygens (including phenoxy) is 1. The Hall–Kier alpha value is -1.97. The summed E-state index contributed by atoms with van der Waals surface area (Å²) in [5.74, 6) is -0.101. The van der Waals surface area contributed by atoms with Crippen LogP contribution >= 0.6 is 0 Å². The maximum atomic E-state index is 13.1. The molecule has 1 aromatic carbocycles. The molecule has 0 aliphatic rings. The van der Waals surface area contributed by atoms with Gasteiger partial charge in [-0.25, -0.2) is 4.98 Å². The number of aromatic nitrogens is 1. The molecule has 0 spiro atoms. The quantitative estimate of drug-likeness (QED) is 0.557. The van der Waals surface area contributed by atoms with Crippen LogP contribution in [0.4, 0.5) is 4.39 Å². The largest absolute Gasteiger partial charge is 0.497 e. The number of pyridine rings is 1. The van der Waals surface area contributed by atoms with Crippen LogP contribution in [0.3, 0.4) is 0 Å². The second-order valence-corrected chi connectivity index (χ2v) is 3.04. The fraction of sp³-hybridized carbons (Fsp3) is 0.0909. The summed E-state index contributed by atoms with van der Waals surface area (Å²) in [6, 6.07) is 6.49. The van der Waals surface area contributed by atoms with E-state index in [0.717, 1.165) is 0 Å². The molecule has 0 aliphatic heterocycles. The summed E-state index contributed by atoms with van der Waals surface area (Å²) < 4.78 is 18.1. The van der Waals surface area contributed by atoms with Crippen molar-refractivity contribution in [2.45, 2.75) is 0 Å². The topological polar surface area (TPSA) is 39.2 Å². The van der Waals surface area contributed by atoms with Gasteiger partial charge < -0.3 is 4.74 Å². The van der Waals surface area contributed by atoms with Gasteiger partial charge in [0.1, 0.15) is 5.75 Å². The molecule has 76 valence electrons. The van der Waals surface area contributed by atoms with E-state index in [1.807, 2.05) is 0 Å². The number of benzene rings is 1. The first-order valence-corrected chi connectivity index (χ1v) is 4.34. The molecule has 4 heteroatoms.